The first kappa shape index (κ1) is 14.4. The van der Waals surface area contributed by atoms with Crippen LogP contribution < -0.4 is 5.56 Å². The minimum atomic E-state index is -0.652. The zero-order valence-electron chi connectivity index (χ0n) is 13.0. The van der Waals surface area contributed by atoms with E-state index in [1.807, 2.05) is 0 Å². The number of aryl methyl sites for hydroxylation is 1. The third kappa shape index (κ3) is 2.03. The summed E-state index contributed by atoms with van der Waals surface area (Å²) in [5.74, 6) is -0.154. The van der Waals surface area contributed by atoms with Crippen LogP contribution in [0.2, 0.25) is 0 Å². The summed E-state index contributed by atoms with van der Waals surface area (Å²) < 4.78 is 5.99. The molecule has 3 saturated heterocycles. The lowest BCUT2D eigenvalue weighted by Crippen LogP contribution is -2.56. The summed E-state index contributed by atoms with van der Waals surface area (Å²) in [6, 6.07) is 2.73. The van der Waals surface area contributed by atoms with Crippen molar-refractivity contribution in [2.24, 2.45) is 0 Å². The van der Waals surface area contributed by atoms with Crippen LogP contribution >= 0.6 is 0 Å². The van der Waals surface area contributed by atoms with Crippen molar-refractivity contribution in [2.75, 3.05) is 19.7 Å². The SMILES string of the molecule is Cc1cc(C(=O)N2CC[C@@]34OCCCN3C(=O)C[C@@H]24)cc(=O)[nH]1. The Morgan fingerprint density at radius 1 is 1.35 bits per heavy atom. The number of carbonyl (C=O) groups excluding carboxylic acids is 2. The van der Waals surface area contributed by atoms with E-state index in [9.17, 15) is 14.4 Å². The summed E-state index contributed by atoms with van der Waals surface area (Å²) in [5.41, 5.74) is 0.0689. The number of ether oxygens (including phenoxy) is 1. The van der Waals surface area contributed by atoms with Gasteiger partial charge >= 0.3 is 0 Å². The van der Waals surface area contributed by atoms with Gasteiger partial charge in [0.1, 0.15) is 0 Å². The molecule has 0 bridgehead atoms. The zero-order chi connectivity index (χ0) is 16.2. The number of nitrogens with zero attached hydrogens (tertiary/aromatic N) is 2. The number of aromatic amines is 1. The molecule has 7 heteroatoms. The third-order valence-corrected chi connectivity index (χ3v) is 5.10. The summed E-state index contributed by atoms with van der Waals surface area (Å²) in [5, 5.41) is 0. The molecule has 4 heterocycles. The molecule has 3 aliphatic rings. The van der Waals surface area contributed by atoms with Gasteiger partial charge in [-0.1, -0.05) is 0 Å². The Kier molecular flexibility index (Phi) is 3.09. The van der Waals surface area contributed by atoms with E-state index in [-0.39, 0.29) is 23.4 Å². The lowest BCUT2D eigenvalue weighted by atomic mass is 10.0. The molecule has 0 aliphatic carbocycles. The largest absolute Gasteiger partial charge is 0.353 e. The molecule has 3 fully saturated rings. The van der Waals surface area contributed by atoms with Crippen LogP contribution in [0.25, 0.3) is 0 Å². The highest BCUT2D eigenvalue weighted by molar-refractivity contribution is 5.95. The number of amides is 2. The number of hydrogen-bond acceptors (Lipinski definition) is 4. The highest BCUT2D eigenvalue weighted by Crippen LogP contribution is 2.45. The van der Waals surface area contributed by atoms with Crippen LogP contribution in [-0.4, -0.2) is 58.1 Å². The average Bonchev–Trinajstić information content (AvgIpc) is 2.98. The lowest BCUT2D eigenvalue weighted by Gasteiger charge is -2.42. The van der Waals surface area contributed by atoms with Gasteiger partial charge in [-0.15, -0.1) is 0 Å². The van der Waals surface area contributed by atoms with Gasteiger partial charge in [-0.25, -0.2) is 0 Å². The van der Waals surface area contributed by atoms with E-state index >= 15 is 0 Å². The van der Waals surface area contributed by atoms with Crippen LogP contribution in [0.4, 0.5) is 0 Å². The number of aromatic nitrogens is 1. The van der Waals surface area contributed by atoms with E-state index in [0.717, 1.165) is 6.42 Å². The molecule has 1 spiro atoms. The van der Waals surface area contributed by atoms with Gasteiger partial charge in [-0.05, 0) is 19.4 Å². The summed E-state index contributed by atoms with van der Waals surface area (Å²) in [4.78, 5) is 42.9. The minimum Gasteiger partial charge on any atom is -0.353 e. The van der Waals surface area contributed by atoms with E-state index in [4.69, 9.17) is 4.74 Å². The van der Waals surface area contributed by atoms with Gasteiger partial charge in [0, 0.05) is 36.8 Å². The second-order valence-electron chi connectivity index (χ2n) is 6.48. The minimum absolute atomic E-state index is 0.0503. The van der Waals surface area contributed by atoms with Gasteiger partial charge in [-0.2, -0.15) is 0 Å². The lowest BCUT2D eigenvalue weighted by molar-refractivity contribution is -0.179. The Balaban J connectivity index is 1.67. The molecule has 0 saturated carbocycles. The van der Waals surface area contributed by atoms with Gasteiger partial charge in [0.25, 0.3) is 5.91 Å². The van der Waals surface area contributed by atoms with Gasteiger partial charge < -0.3 is 19.5 Å². The van der Waals surface area contributed by atoms with Gasteiger partial charge in [0.05, 0.1) is 19.1 Å². The molecule has 0 aromatic carbocycles. The van der Waals surface area contributed by atoms with Crippen molar-refractivity contribution in [3.8, 4) is 0 Å². The van der Waals surface area contributed by atoms with E-state index in [2.05, 4.69) is 4.98 Å². The normalized spacial score (nSPS) is 29.6. The fraction of sp³-hybridized carbons (Fsp3) is 0.562. The van der Waals surface area contributed by atoms with Crippen LogP contribution in [-0.2, 0) is 9.53 Å². The molecule has 2 amide bonds. The molecular formula is C16H19N3O4. The van der Waals surface area contributed by atoms with Crippen molar-refractivity contribution < 1.29 is 14.3 Å². The summed E-state index contributed by atoms with van der Waals surface area (Å²) in [6.07, 6.45) is 1.77. The predicted molar refractivity (Wildman–Crippen MR) is 80.9 cm³/mol. The zero-order valence-corrected chi connectivity index (χ0v) is 13.0. The first-order valence-electron chi connectivity index (χ1n) is 7.98. The fourth-order valence-electron chi connectivity index (χ4n) is 4.16. The molecule has 1 aromatic rings. The maximum atomic E-state index is 12.9. The van der Waals surface area contributed by atoms with Crippen LogP contribution in [0.15, 0.2) is 16.9 Å². The molecule has 4 rings (SSSR count). The van der Waals surface area contributed by atoms with Crippen LogP contribution in [0.3, 0.4) is 0 Å². The Morgan fingerprint density at radius 3 is 2.96 bits per heavy atom. The molecule has 0 radical (unpaired) electrons. The molecular weight excluding hydrogens is 298 g/mol. The number of H-pyrrole nitrogens is 1. The average molecular weight is 317 g/mol. The standard InChI is InChI=1S/C16H19N3O4/c1-10-7-11(8-13(20)17-10)15(22)18-5-3-16-12(18)9-14(21)19(16)4-2-6-23-16/h7-8,12H,2-6,9H2,1H3,(H,17,20)/t12-,16+/m1/s1. The van der Waals surface area contributed by atoms with Crippen LogP contribution in [0.1, 0.15) is 35.3 Å². The molecule has 0 unspecified atom stereocenters. The van der Waals surface area contributed by atoms with Gasteiger partial charge in [0.15, 0.2) is 5.72 Å². The maximum absolute atomic E-state index is 12.9. The van der Waals surface area contributed by atoms with Gasteiger partial charge in [0.2, 0.25) is 11.5 Å². The van der Waals surface area contributed by atoms with Crippen molar-refractivity contribution in [1.82, 2.24) is 14.8 Å². The molecule has 3 aliphatic heterocycles. The number of rotatable bonds is 1. The Labute approximate surface area is 133 Å². The molecule has 122 valence electrons. The van der Waals surface area contributed by atoms with E-state index in [1.54, 1.807) is 22.8 Å². The monoisotopic (exact) mass is 317 g/mol. The second kappa shape index (κ2) is 4.92. The van der Waals surface area contributed by atoms with Crippen molar-refractivity contribution in [3.63, 3.8) is 0 Å². The van der Waals surface area contributed by atoms with Gasteiger partial charge in [-0.3, -0.25) is 14.4 Å². The molecule has 23 heavy (non-hydrogen) atoms. The number of hydrogen-bond donors (Lipinski definition) is 1. The van der Waals surface area contributed by atoms with E-state index in [0.29, 0.717) is 43.8 Å². The second-order valence-corrected chi connectivity index (χ2v) is 6.48. The first-order chi connectivity index (χ1) is 11.0. The first-order valence-corrected chi connectivity index (χ1v) is 7.98. The van der Waals surface area contributed by atoms with Crippen LogP contribution in [0.5, 0.6) is 0 Å². The quantitative estimate of drug-likeness (QED) is 0.805. The molecule has 1 aromatic heterocycles. The number of nitrogens with one attached hydrogen (secondary N) is 1. The fourth-order valence-corrected chi connectivity index (χ4v) is 4.16. The number of carbonyl (C=O) groups is 2. The highest BCUT2D eigenvalue weighted by Gasteiger charge is 2.61. The predicted octanol–water partition coefficient (Wildman–Crippen LogP) is 0.247. The van der Waals surface area contributed by atoms with E-state index < -0.39 is 5.72 Å². The number of pyridine rings is 1. The smallest absolute Gasteiger partial charge is 0.254 e. The van der Waals surface area contributed by atoms with Crippen molar-refractivity contribution in [3.05, 3.63) is 33.7 Å². The van der Waals surface area contributed by atoms with Crippen molar-refractivity contribution >= 4 is 11.8 Å². The third-order valence-electron chi connectivity index (χ3n) is 5.10. The van der Waals surface area contributed by atoms with Crippen LogP contribution in [0, 0.1) is 6.92 Å². The van der Waals surface area contributed by atoms with E-state index in [1.165, 1.54) is 6.07 Å². The number of likely N-dealkylation sites (tertiary alicyclic amines) is 1. The highest BCUT2D eigenvalue weighted by atomic mass is 16.5. The van der Waals surface area contributed by atoms with Crippen molar-refractivity contribution in [1.29, 1.82) is 0 Å². The topological polar surface area (TPSA) is 82.7 Å². The Bertz CT molecular complexity index is 743. The summed E-state index contributed by atoms with van der Waals surface area (Å²) in [6.45, 7) is 3.60. The molecule has 1 N–H and O–H groups in total. The Morgan fingerprint density at radius 2 is 2.17 bits per heavy atom. The molecule has 2 atom stereocenters. The maximum Gasteiger partial charge on any atom is 0.254 e. The van der Waals surface area contributed by atoms with Crippen molar-refractivity contribution in [2.45, 2.75) is 38.0 Å². The summed E-state index contributed by atoms with van der Waals surface area (Å²) >= 11 is 0. The Hall–Kier alpha value is -2.15. The summed E-state index contributed by atoms with van der Waals surface area (Å²) in [7, 11) is 0. The molecule has 7 nitrogen and oxygen atoms in total.